The largest absolute Gasteiger partial charge is 0.507 e. The fraction of sp³-hybridized carbons (Fsp3) is 0. The van der Waals surface area contributed by atoms with Gasteiger partial charge in [-0.25, -0.2) is 15.0 Å². The first-order chi connectivity index (χ1) is 16.1. The molecular weight excluding hydrogens is 420 g/mol. The van der Waals surface area contributed by atoms with Crippen LogP contribution in [0, 0.1) is 0 Å². The van der Waals surface area contributed by atoms with Gasteiger partial charge >= 0.3 is 0 Å². The predicted octanol–water partition coefficient (Wildman–Crippen LogP) is 4.24. The van der Waals surface area contributed by atoms with E-state index in [1.165, 1.54) is 18.6 Å². The zero-order chi connectivity index (χ0) is 23.0. The number of hydrogen-bond donors (Lipinski definition) is 3. The summed E-state index contributed by atoms with van der Waals surface area (Å²) in [5.41, 5.74) is 1.45. The van der Waals surface area contributed by atoms with Gasteiger partial charge < -0.3 is 15.3 Å². The van der Waals surface area contributed by atoms with E-state index >= 15 is 0 Å². The van der Waals surface area contributed by atoms with Gasteiger partial charge in [0.1, 0.15) is 17.2 Å². The lowest BCUT2D eigenvalue weighted by atomic mass is 10.2. The summed E-state index contributed by atoms with van der Waals surface area (Å²) >= 11 is 0. The molecule has 1 aromatic heterocycles. The van der Waals surface area contributed by atoms with Gasteiger partial charge in [-0.2, -0.15) is 15.0 Å². The number of phenols is 3. The Morgan fingerprint density at radius 3 is 1.00 bits per heavy atom. The number of hydrogen-bond acceptors (Lipinski definition) is 9. The molecule has 9 heteroatoms. The van der Waals surface area contributed by atoms with Crippen molar-refractivity contribution in [3.05, 3.63) is 89.5 Å². The maximum atomic E-state index is 9.93. The summed E-state index contributed by atoms with van der Waals surface area (Å²) < 4.78 is 0. The highest BCUT2D eigenvalue weighted by atomic mass is 16.3. The zero-order valence-corrected chi connectivity index (χ0v) is 17.2. The van der Waals surface area contributed by atoms with Crippen LogP contribution in [-0.4, -0.2) is 48.9 Å². The van der Waals surface area contributed by atoms with Crippen LogP contribution in [0.1, 0.15) is 16.7 Å². The zero-order valence-electron chi connectivity index (χ0n) is 17.2. The predicted molar refractivity (Wildman–Crippen MR) is 126 cm³/mol. The number of nitrogens with zero attached hydrogens (tertiary/aromatic N) is 6. The van der Waals surface area contributed by atoms with Gasteiger partial charge in [-0.15, -0.1) is 0 Å². The van der Waals surface area contributed by atoms with Crippen molar-refractivity contribution >= 4 is 36.5 Å². The van der Waals surface area contributed by atoms with Crippen molar-refractivity contribution < 1.29 is 15.3 Å². The van der Waals surface area contributed by atoms with Crippen LogP contribution in [0.4, 0.5) is 17.8 Å². The van der Waals surface area contributed by atoms with Crippen LogP contribution in [0.15, 0.2) is 87.8 Å². The quantitative estimate of drug-likeness (QED) is 0.385. The lowest BCUT2D eigenvalue weighted by Crippen LogP contribution is -1.91. The minimum atomic E-state index is 0.0159. The van der Waals surface area contributed by atoms with Crippen LogP contribution in [0.5, 0.6) is 17.2 Å². The van der Waals surface area contributed by atoms with Crippen molar-refractivity contribution in [3.63, 3.8) is 0 Å². The Kier molecular flexibility index (Phi) is 6.41. The van der Waals surface area contributed by atoms with Crippen molar-refractivity contribution in [2.75, 3.05) is 0 Å². The Morgan fingerprint density at radius 1 is 0.455 bits per heavy atom. The van der Waals surface area contributed by atoms with E-state index in [1.807, 2.05) is 0 Å². The number of para-hydroxylation sites is 3. The van der Waals surface area contributed by atoms with E-state index in [1.54, 1.807) is 72.8 Å². The molecule has 3 N–H and O–H groups in total. The molecule has 0 atom stereocenters. The summed E-state index contributed by atoms with van der Waals surface area (Å²) in [5.74, 6) is 0.231. The molecule has 0 aliphatic carbocycles. The standard InChI is InChI=1S/C24H18N6O3/c31-19-10-4-1-7-16(19)13-25-22-28-23(26-14-17-8-2-5-11-20(17)32)30-24(29-22)27-15-18-9-3-6-12-21(18)33/h1-15,31-33H. The Labute approximate surface area is 188 Å². The summed E-state index contributed by atoms with van der Waals surface area (Å²) in [5, 5.41) is 29.8. The molecule has 9 nitrogen and oxygen atoms in total. The maximum Gasteiger partial charge on any atom is 0.256 e. The summed E-state index contributed by atoms with van der Waals surface area (Å²) in [6, 6.07) is 20.1. The summed E-state index contributed by atoms with van der Waals surface area (Å²) in [7, 11) is 0. The van der Waals surface area contributed by atoms with Crippen LogP contribution >= 0.6 is 0 Å². The molecule has 33 heavy (non-hydrogen) atoms. The minimum absolute atomic E-state index is 0.0159. The monoisotopic (exact) mass is 438 g/mol. The summed E-state index contributed by atoms with van der Waals surface area (Å²) in [4.78, 5) is 25.2. The molecular formula is C24H18N6O3. The Bertz CT molecular complexity index is 1190. The number of rotatable bonds is 6. The lowest BCUT2D eigenvalue weighted by molar-refractivity contribution is 0.474. The molecule has 4 aromatic rings. The van der Waals surface area contributed by atoms with Gasteiger partial charge in [0.05, 0.1) is 0 Å². The second-order valence-electron chi connectivity index (χ2n) is 6.69. The third kappa shape index (κ3) is 5.61. The van der Waals surface area contributed by atoms with Gasteiger partial charge in [0.25, 0.3) is 17.8 Å². The second-order valence-corrected chi connectivity index (χ2v) is 6.69. The van der Waals surface area contributed by atoms with Crippen molar-refractivity contribution in [2.24, 2.45) is 15.0 Å². The maximum absolute atomic E-state index is 9.93. The molecule has 0 aliphatic rings. The first-order valence-corrected chi connectivity index (χ1v) is 9.81. The molecule has 0 radical (unpaired) electrons. The Balaban J connectivity index is 1.70. The third-order valence-corrected chi connectivity index (χ3v) is 4.37. The molecule has 0 spiro atoms. The first kappa shape index (κ1) is 21.3. The van der Waals surface area contributed by atoms with E-state index in [0.717, 1.165) is 0 Å². The van der Waals surface area contributed by atoms with E-state index in [4.69, 9.17) is 0 Å². The fourth-order valence-corrected chi connectivity index (χ4v) is 2.69. The van der Waals surface area contributed by atoms with Gasteiger partial charge in [-0.05, 0) is 36.4 Å². The van der Waals surface area contributed by atoms with E-state index in [9.17, 15) is 15.3 Å². The molecule has 0 amide bonds. The smallest absolute Gasteiger partial charge is 0.256 e. The van der Waals surface area contributed by atoms with Gasteiger partial charge in [0, 0.05) is 35.3 Å². The average Bonchev–Trinajstić information content (AvgIpc) is 2.82. The topological polar surface area (TPSA) is 136 Å². The number of aliphatic imine (C=N–C) groups is 3. The van der Waals surface area contributed by atoms with Gasteiger partial charge in [0.15, 0.2) is 0 Å². The van der Waals surface area contributed by atoms with Crippen LogP contribution in [-0.2, 0) is 0 Å². The van der Waals surface area contributed by atoms with Gasteiger partial charge in [-0.1, -0.05) is 36.4 Å². The highest BCUT2D eigenvalue weighted by Gasteiger charge is 2.06. The number of aromatic nitrogens is 3. The van der Waals surface area contributed by atoms with E-state index in [-0.39, 0.29) is 35.1 Å². The minimum Gasteiger partial charge on any atom is -0.507 e. The average molecular weight is 438 g/mol. The molecule has 0 bridgehead atoms. The molecule has 0 saturated carbocycles. The number of aromatic hydroxyl groups is 3. The molecule has 0 unspecified atom stereocenters. The lowest BCUT2D eigenvalue weighted by Gasteiger charge is -2.00. The van der Waals surface area contributed by atoms with Crippen molar-refractivity contribution in [1.82, 2.24) is 15.0 Å². The Morgan fingerprint density at radius 2 is 0.727 bits per heavy atom. The van der Waals surface area contributed by atoms with E-state index < -0.39 is 0 Å². The van der Waals surface area contributed by atoms with E-state index in [0.29, 0.717) is 16.7 Å². The molecule has 4 rings (SSSR count). The highest BCUT2D eigenvalue weighted by Crippen LogP contribution is 2.20. The fourth-order valence-electron chi connectivity index (χ4n) is 2.69. The van der Waals surface area contributed by atoms with Crippen LogP contribution < -0.4 is 0 Å². The molecule has 3 aromatic carbocycles. The summed E-state index contributed by atoms with van der Waals surface area (Å²) in [6.07, 6.45) is 4.24. The first-order valence-electron chi connectivity index (χ1n) is 9.81. The SMILES string of the molecule is Oc1ccccc1C=Nc1nc(N=Cc2ccccc2O)nc(N=Cc2ccccc2O)n1. The second kappa shape index (κ2) is 9.92. The third-order valence-electron chi connectivity index (χ3n) is 4.37. The van der Waals surface area contributed by atoms with Crippen molar-refractivity contribution in [3.8, 4) is 17.2 Å². The van der Waals surface area contributed by atoms with Crippen LogP contribution in [0.2, 0.25) is 0 Å². The molecule has 0 fully saturated rings. The Hall–Kier alpha value is -4.92. The van der Waals surface area contributed by atoms with Gasteiger partial charge in [0.2, 0.25) is 0 Å². The van der Waals surface area contributed by atoms with Crippen molar-refractivity contribution in [1.29, 1.82) is 0 Å². The van der Waals surface area contributed by atoms with Gasteiger partial charge in [-0.3, -0.25) is 0 Å². The van der Waals surface area contributed by atoms with Crippen LogP contribution in [0.25, 0.3) is 0 Å². The number of benzene rings is 3. The highest BCUT2D eigenvalue weighted by molar-refractivity contribution is 5.86. The van der Waals surface area contributed by atoms with E-state index in [2.05, 4.69) is 29.9 Å². The molecule has 1 heterocycles. The summed E-state index contributed by atoms with van der Waals surface area (Å²) in [6.45, 7) is 0. The normalized spacial score (nSPS) is 11.6. The molecule has 162 valence electrons. The molecule has 0 aliphatic heterocycles. The van der Waals surface area contributed by atoms with Crippen molar-refractivity contribution in [2.45, 2.75) is 0 Å². The number of phenolic OH excluding ortho intramolecular Hbond substituents is 3. The molecule has 0 saturated heterocycles. The van der Waals surface area contributed by atoms with Crippen LogP contribution in [0.3, 0.4) is 0 Å².